The third-order valence-electron chi connectivity index (χ3n) is 1.89. The number of hydrogen-bond acceptors (Lipinski definition) is 3. The topological polar surface area (TPSA) is 89.3 Å². The summed E-state index contributed by atoms with van der Waals surface area (Å²) in [7, 11) is 0. The Bertz CT molecular complexity index is 331. The summed E-state index contributed by atoms with van der Waals surface area (Å²) in [6, 6.07) is 4.26. The summed E-state index contributed by atoms with van der Waals surface area (Å²) in [4.78, 5) is 10.6. The quantitative estimate of drug-likeness (QED) is 0.693. The van der Waals surface area contributed by atoms with Crippen LogP contribution in [0.15, 0.2) is 24.3 Å². The molecule has 2 unspecified atom stereocenters. The number of halogens is 2. The van der Waals surface area contributed by atoms with E-state index in [2.05, 4.69) is 0 Å². The molecule has 84 valence electrons. The van der Waals surface area contributed by atoms with Gasteiger partial charge in [-0.3, -0.25) is 4.79 Å². The molecule has 5 N–H and O–H groups in total. The van der Waals surface area contributed by atoms with Crippen molar-refractivity contribution in [3.05, 3.63) is 35.6 Å². The third-order valence-corrected chi connectivity index (χ3v) is 1.89. The molecular weight excluding hydrogens is 223 g/mol. The van der Waals surface area contributed by atoms with Crippen molar-refractivity contribution >= 4 is 18.3 Å². The molecule has 1 aromatic carbocycles. The van der Waals surface area contributed by atoms with E-state index in [9.17, 15) is 14.3 Å². The van der Waals surface area contributed by atoms with Gasteiger partial charge in [-0.15, -0.1) is 12.4 Å². The van der Waals surface area contributed by atoms with E-state index >= 15 is 0 Å². The predicted molar refractivity (Wildman–Crippen MR) is 55.8 cm³/mol. The lowest BCUT2D eigenvalue weighted by Gasteiger charge is -2.15. The Kier molecular flexibility index (Phi) is 5.21. The molecule has 0 aliphatic rings. The van der Waals surface area contributed by atoms with Crippen LogP contribution >= 0.6 is 12.4 Å². The maximum atomic E-state index is 12.5. The van der Waals surface area contributed by atoms with Gasteiger partial charge in [0, 0.05) is 0 Å². The van der Waals surface area contributed by atoms with Crippen molar-refractivity contribution in [3.8, 4) is 0 Å². The van der Waals surface area contributed by atoms with Gasteiger partial charge in [0.2, 0.25) is 5.91 Å². The van der Waals surface area contributed by atoms with Crippen LogP contribution in [0.2, 0.25) is 0 Å². The van der Waals surface area contributed by atoms with Crippen LogP contribution in [0.1, 0.15) is 11.6 Å². The van der Waals surface area contributed by atoms with Crippen LogP contribution in [0.3, 0.4) is 0 Å². The molecule has 1 rings (SSSR count). The first-order valence-corrected chi connectivity index (χ1v) is 4.01. The first-order chi connectivity index (χ1) is 6.52. The fourth-order valence-corrected chi connectivity index (χ4v) is 1.04. The van der Waals surface area contributed by atoms with E-state index in [4.69, 9.17) is 11.5 Å². The summed E-state index contributed by atoms with van der Waals surface area (Å²) in [5, 5.41) is 9.22. The van der Waals surface area contributed by atoms with Gasteiger partial charge in [0.25, 0.3) is 0 Å². The maximum absolute atomic E-state index is 12.5. The first-order valence-electron chi connectivity index (χ1n) is 4.01. The molecular formula is C9H12ClFN2O2. The number of benzene rings is 1. The molecule has 0 aromatic heterocycles. The van der Waals surface area contributed by atoms with Crippen LogP contribution in [-0.4, -0.2) is 17.1 Å². The van der Waals surface area contributed by atoms with Gasteiger partial charge in [-0.25, -0.2) is 4.39 Å². The lowest BCUT2D eigenvalue weighted by Crippen LogP contribution is -2.37. The molecule has 0 heterocycles. The monoisotopic (exact) mass is 234 g/mol. The van der Waals surface area contributed by atoms with Gasteiger partial charge in [-0.05, 0) is 17.7 Å². The van der Waals surface area contributed by atoms with Crippen molar-refractivity contribution < 1.29 is 14.3 Å². The number of carbonyl (C=O) groups excluding carboxylic acids is 1. The number of hydrogen-bond donors (Lipinski definition) is 3. The molecule has 0 fully saturated rings. The maximum Gasteiger partial charge on any atom is 0.248 e. The van der Waals surface area contributed by atoms with Crippen LogP contribution in [0.25, 0.3) is 0 Å². The normalized spacial score (nSPS) is 13.8. The zero-order chi connectivity index (χ0) is 10.7. The second-order valence-corrected chi connectivity index (χ2v) is 2.92. The molecule has 0 aliphatic heterocycles. The van der Waals surface area contributed by atoms with Gasteiger partial charge in [-0.1, -0.05) is 12.1 Å². The molecule has 2 atom stereocenters. The van der Waals surface area contributed by atoms with E-state index in [1.54, 1.807) is 0 Å². The molecule has 0 saturated heterocycles. The molecule has 1 amide bonds. The van der Waals surface area contributed by atoms with Crippen molar-refractivity contribution in [2.45, 2.75) is 12.1 Å². The average molecular weight is 235 g/mol. The predicted octanol–water partition coefficient (Wildman–Crippen LogP) is 0.0935. The Hall–Kier alpha value is -1.17. The van der Waals surface area contributed by atoms with Gasteiger partial charge >= 0.3 is 0 Å². The average Bonchev–Trinajstić information content (AvgIpc) is 2.16. The number of aliphatic hydroxyl groups is 1. The summed E-state index contributed by atoms with van der Waals surface area (Å²) >= 11 is 0. The van der Waals surface area contributed by atoms with Gasteiger partial charge in [0.15, 0.2) is 6.10 Å². The third kappa shape index (κ3) is 3.47. The number of amides is 1. The van der Waals surface area contributed by atoms with Crippen LogP contribution in [0, 0.1) is 5.82 Å². The van der Waals surface area contributed by atoms with Crippen LogP contribution in [0.4, 0.5) is 4.39 Å². The highest BCUT2D eigenvalue weighted by Crippen LogP contribution is 2.14. The Morgan fingerprint density at radius 3 is 2.20 bits per heavy atom. The lowest BCUT2D eigenvalue weighted by atomic mass is 10.0. The van der Waals surface area contributed by atoms with Crippen LogP contribution in [-0.2, 0) is 4.79 Å². The summed E-state index contributed by atoms with van der Waals surface area (Å²) in [5.41, 5.74) is 10.8. The fourth-order valence-electron chi connectivity index (χ4n) is 1.04. The number of aliphatic hydroxyl groups excluding tert-OH is 1. The SMILES string of the molecule is Cl.NC(=O)C(O)C(N)c1ccc(F)cc1. The number of nitrogens with two attached hydrogens (primary N) is 2. The zero-order valence-corrected chi connectivity index (χ0v) is 8.58. The van der Waals surface area contributed by atoms with E-state index in [0.29, 0.717) is 5.56 Å². The van der Waals surface area contributed by atoms with Gasteiger partial charge in [0.05, 0.1) is 6.04 Å². The van der Waals surface area contributed by atoms with Gasteiger partial charge in [-0.2, -0.15) is 0 Å². The van der Waals surface area contributed by atoms with Crippen molar-refractivity contribution in [1.82, 2.24) is 0 Å². The van der Waals surface area contributed by atoms with Crippen molar-refractivity contribution in [2.75, 3.05) is 0 Å². The van der Waals surface area contributed by atoms with Crippen molar-refractivity contribution in [1.29, 1.82) is 0 Å². The van der Waals surface area contributed by atoms with Crippen molar-refractivity contribution in [3.63, 3.8) is 0 Å². The Balaban J connectivity index is 0.00000196. The molecule has 0 saturated carbocycles. The summed E-state index contributed by atoms with van der Waals surface area (Å²) < 4.78 is 12.5. The summed E-state index contributed by atoms with van der Waals surface area (Å²) in [6.45, 7) is 0. The van der Waals surface area contributed by atoms with E-state index in [1.807, 2.05) is 0 Å². The highest BCUT2D eigenvalue weighted by atomic mass is 35.5. The Morgan fingerprint density at radius 1 is 1.33 bits per heavy atom. The zero-order valence-electron chi connectivity index (χ0n) is 7.76. The fraction of sp³-hybridized carbons (Fsp3) is 0.222. The highest BCUT2D eigenvalue weighted by Gasteiger charge is 2.21. The molecule has 0 spiro atoms. The Labute approximate surface area is 92.5 Å². The molecule has 1 aromatic rings. The van der Waals surface area contributed by atoms with Crippen LogP contribution < -0.4 is 11.5 Å². The highest BCUT2D eigenvalue weighted by molar-refractivity contribution is 5.85. The largest absolute Gasteiger partial charge is 0.381 e. The van der Waals surface area contributed by atoms with E-state index in [0.717, 1.165) is 0 Å². The number of primary amides is 1. The molecule has 6 heteroatoms. The molecule has 0 radical (unpaired) electrons. The minimum atomic E-state index is -1.46. The minimum absolute atomic E-state index is 0. The number of carbonyl (C=O) groups is 1. The Morgan fingerprint density at radius 2 is 1.80 bits per heavy atom. The van der Waals surface area contributed by atoms with Crippen LogP contribution in [0.5, 0.6) is 0 Å². The van der Waals surface area contributed by atoms with Crippen molar-refractivity contribution in [2.24, 2.45) is 11.5 Å². The minimum Gasteiger partial charge on any atom is -0.381 e. The summed E-state index contributed by atoms with van der Waals surface area (Å²) in [5.74, 6) is -1.31. The summed E-state index contributed by atoms with van der Waals surface area (Å²) in [6.07, 6.45) is -1.46. The smallest absolute Gasteiger partial charge is 0.248 e. The lowest BCUT2D eigenvalue weighted by molar-refractivity contribution is -0.127. The second kappa shape index (κ2) is 5.65. The van der Waals surface area contributed by atoms with E-state index in [-0.39, 0.29) is 12.4 Å². The second-order valence-electron chi connectivity index (χ2n) is 2.92. The molecule has 0 bridgehead atoms. The molecule has 4 nitrogen and oxygen atoms in total. The number of rotatable bonds is 3. The molecule has 15 heavy (non-hydrogen) atoms. The standard InChI is InChI=1S/C9H11FN2O2.ClH/c10-6-3-1-5(2-4-6)7(11)8(13)9(12)14;/h1-4,7-8,13H,11H2,(H2,12,14);1H. The molecule has 0 aliphatic carbocycles. The van der Waals surface area contributed by atoms with E-state index < -0.39 is 23.9 Å². The van der Waals surface area contributed by atoms with Gasteiger partial charge in [0.1, 0.15) is 5.82 Å². The van der Waals surface area contributed by atoms with Gasteiger partial charge < -0.3 is 16.6 Å². The first kappa shape index (κ1) is 13.8. The van der Waals surface area contributed by atoms with E-state index in [1.165, 1.54) is 24.3 Å².